The predicted octanol–water partition coefficient (Wildman–Crippen LogP) is 0.501. The van der Waals surface area contributed by atoms with Crippen LogP contribution >= 0.6 is 0 Å². The first-order valence-corrected chi connectivity index (χ1v) is 10.1. The molecule has 10 heteroatoms. The Kier molecular flexibility index (Phi) is 5.78. The van der Waals surface area contributed by atoms with E-state index in [1.54, 1.807) is 12.1 Å². The number of amides is 4. The van der Waals surface area contributed by atoms with Crippen molar-refractivity contribution in [2.45, 2.75) is 25.3 Å². The van der Waals surface area contributed by atoms with Crippen LogP contribution < -0.4 is 10.2 Å². The number of carbonyl (C=O) groups excluding carboxylic acids is 4. The molecule has 0 aromatic heterocycles. The molecule has 30 heavy (non-hydrogen) atoms. The first-order valence-electron chi connectivity index (χ1n) is 10.1. The van der Waals surface area contributed by atoms with Crippen LogP contribution in [0, 0.1) is 0 Å². The number of benzene rings is 1. The lowest BCUT2D eigenvalue weighted by Crippen LogP contribution is -2.54. The summed E-state index contributed by atoms with van der Waals surface area (Å²) in [5, 5.41) is 2.19. The Hall–Kier alpha value is -2.85. The van der Waals surface area contributed by atoms with Crippen molar-refractivity contribution in [3.05, 3.63) is 29.3 Å². The van der Waals surface area contributed by atoms with E-state index in [0.717, 1.165) is 43.3 Å². The minimum Gasteiger partial charge on any atom is -0.369 e. The van der Waals surface area contributed by atoms with Gasteiger partial charge in [0.1, 0.15) is 6.04 Å². The Bertz CT molecular complexity index is 884. The molecule has 0 spiro atoms. The van der Waals surface area contributed by atoms with Crippen molar-refractivity contribution < 1.29 is 28.6 Å². The Morgan fingerprint density at radius 1 is 1.03 bits per heavy atom. The summed E-state index contributed by atoms with van der Waals surface area (Å²) >= 11 is 0. The van der Waals surface area contributed by atoms with Crippen LogP contribution in [-0.4, -0.2) is 78.8 Å². The third kappa shape index (κ3) is 3.80. The maximum atomic E-state index is 12.9. The fourth-order valence-electron chi connectivity index (χ4n) is 4.23. The Morgan fingerprint density at radius 3 is 2.47 bits per heavy atom. The van der Waals surface area contributed by atoms with E-state index in [1.807, 2.05) is 6.07 Å². The van der Waals surface area contributed by atoms with E-state index in [4.69, 9.17) is 0 Å². The van der Waals surface area contributed by atoms with Crippen LogP contribution in [-0.2, 0) is 14.5 Å². The second kappa shape index (κ2) is 8.49. The lowest BCUT2D eigenvalue weighted by Gasteiger charge is -2.36. The molecule has 3 aliphatic rings. The Morgan fingerprint density at radius 2 is 1.77 bits per heavy atom. The van der Waals surface area contributed by atoms with Crippen molar-refractivity contribution in [3.63, 3.8) is 0 Å². The summed E-state index contributed by atoms with van der Waals surface area (Å²) in [7, 11) is 0. The zero-order chi connectivity index (χ0) is 21.3. The van der Waals surface area contributed by atoms with Crippen LogP contribution in [0.3, 0.4) is 0 Å². The molecule has 9 nitrogen and oxygen atoms in total. The van der Waals surface area contributed by atoms with E-state index in [0.29, 0.717) is 6.42 Å². The van der Waals surface area contributed by atoms with E-state index in [9.17, 15) is 23.7 Å². The van der Waals surface area contributed by atoms with Gasteiger partial charge in [-0.25, -0.2) is 0 Å². The summed E-state index contributed by atoms with van der Waals surface area (Å²) in [4.78, 5) is 58.2. The number of nitrogens with zero attached hydrogens (tertiary/aromatic N) is 3. The molecular weight excluding hydrogens is 395 g/mol. The van der Waals surface area contributed by atoms with Crippen LogP contribution in [0.5, 0.6) is 0 Å². The zero-order valence-electron chi connectivity index (χ0n) is 16.4. The Labute approximate surface area is 172 Å². The predicted molar refractivity (Wildman–Crippen MR) is 103 cm³/mol. The highest BCUT2D eigenvalue weighted by atomic mass is 19.3. The molecule has 160 valence electrons. The molecule has 3 heterocycles. The smallest absolute Gasteiger partial charge is 0.262 e. The van der Waals surface area contributed by atoms with Gasteiger partial charge in [-0.2, -0.15) is 4.94 Å². The third-order valence-electron chi connectivity index (χ3n) is 5.86. The van der Waals surface area contributed by atoms with Crippen molar-refractivity contribution in [1.82, 2.24) is 15.1 Å². The maximum absolute atomic E-state index is 12.9. The molecule has 1 unspecified atom stereocenters. The molecule has 0 bridgehead atoms. The third-order valence-corrected chi connectivity index (χ3v) is 5.86. The lowest BCUT2D eigenvalue weighted by molar-refractivity contribution is -0.136. The molecule has 1 N–H and O–H groups in total. The van der Waals surface area contributed by atoms with Gasteiger partial charge in [0.25, 0.3) is 11.8 Å². The molecule has 0 saturated carbocycles. The number of fused-ring (bicyclic) bond motifs is 1. The van der Waals surface area contributed by atoms with Crippen molar-refractivity contribution in [2.75, 3.05) is 44.2 Å². The summed E-state index contributed by atoms with van der Waals surface area (Å²) in [6.45, 7) is 3.94. The number of piperazine rings is 1. The van der Waals surface area contributed by atoms with E-state index in [2.05, 4.69) is 20.1 Å². The van der Waals surface area contributed by atoms with E-state index in [-0.39, 0.29) is 30.6 Å². The topological polar surface area (TPSA) is 99.3 Å². The standard InChI is InChI=1S/C20H23FN4O5/c21-30-11-1-6-23-7-9-24(10-8-23)13-2-3-14-15(12-13)20(29)25(19(14)28)16-4-5-17(26)22-18(16)27/h2-3,12,16H,1,4-11H2,(H,22,26,27). The van der Waals surface area contributed by atoms with Crippen molar-refractivity contribution in [3.8, 4) is 0 Å². The average molecular weight is 418 g/mol. The minimum atomic E-state index is -0.963. The molecule has 4 amide bonds. The number of hydrogen-bond donors (Lipinski definition) is 1. The van der Waals surface area contributed by atoms with Crippen LogP contribution in [0.1, 0.15) is 40.0 Å². The van der Waals surface area contributed by atoms with Gasteiger partial charge in [0.05, 0.1) is 17.7 Å². The number of piperidine rings is 1. The SMILES string of the molecule is O=C1CCC(N2C(=O)c3ccc(N4CCN(CCCOF)CC4)cc3C2=O)C(=O)N1. The average Bonchev–Trinajstić information content (AvgIpc) is 2.99. The van der Waals surface area contributed by atoms with Gasteiger partial charge in [0, 0.05) is 44.8 Å². The fraction of sp³-hybridized carbons (Fsp3) is 0.500. The zero-order valence-corrected chi connectivity index (χ0v) is 16.4. The summed E-state index contributed by atoms with van der Waals surface area (Å²) in [5.74, 6) is -2.02. The van der Waals surface area contributed by atoms with Crippen molar-refractivity contribution in [1.29, 1.82) is 0 Å². The largest absolute Gasteiger partial charge is 0.369 e. The van der Waals surface area contributed by atoms with Crippen LogP contribution in [0.4, 0.5) is 10.2 Å². The molecule has 1 atom stereocenters. The fourth-order valence-corrected chi connectivity index (χ4v) is 4.23. The number of rotatable bonds is 6. The summed E-state index contributed by atoms with van der Waals surface area (Å²) < 4.78 is 11.8. The second-order valence-corrected chi connectivity index (χ2v) is 7.67. The minimum absolute atomic E-state index is 0.0881. The van der Waals surface area contributed by atoms with E-state index in [1.165, 1.54) is 0 Å². The highest BCUT2D eigenvalue weighted by Gasteiger charge is 2.44. The number of nitrogens with one attached hydrogen (secondary N) is 1. The van der Waals surface area contributed by atoms with Gasteiger partial charge in [-0.3, -0.25) is 34.3 Å². The number of carbonyl (C=O) groups is 4. The Balaban J connectivity index is 1.45. The van der Waals surface area contributed by atoms with E-state index >= 15 is 0 Å². The molecule has 1 aromatic carbocycles. The van der Waals surface area contributed by atoms with Crippen molar-refractivity contribution in [2.24, 2.45) is 0 Å². The molecule has 0 aliphatic carbocycles. The lowest BCUT2D eigenvalue weighted by atomic mass is 10.0. The quantitative estimate of drug-likeness (QED) is 0.531. The summed E-state index contributed by atoms with van der Waals surface area (Å²) in [5.41, 5.74) is 1.40. The number of halogens is 1. The summed E-state index contributed by atoms with van der Waals surface area (Å²) in [6.07, 6.45) is 0.858. The number of hydrogen-bond acceptors (Lipinski definition) is 7. The van der Waals surface area contributed by atoms with Crippen LogP contribution in [0.15, 0.2) is 18.2 Å². The molecule has 4 rings (SSSR count). The molecule has 1 aromatic rings. The molecular formula is C20H23FN4O5. The van der Waals surface area contributed by atoms with Gasteiger partial charge < -0.3 is 4.90 Å². The van der Waals surface area contributed by atoms with Gasteiger partial charge in [0.2, 0.25) is 11.8 Å². The normalized spacial score (nSPS) is 22.5. The first kappa shape index (κ1) is 20.4. The van der Waals surface area contributed by atoms with Crippen LogP contribution in [0.2, 0.25) is 0 Å². The highest BCUT2D eigenvalue weighted by molar-refractivity contribution is 6.23. The second-order valence-electron chi connectivity index (χ2n) is 7.67. The maximum Gasteiger partial charge on any atom is 0.262 e. The van der Waals surface area contributed by atoms with Crippen molar-refractivity contribution >= 4 is 29.3 Å². The van der Waals surface area contributed by atoms with Crippen LogP contribution in [0.25, 0.3) is 0 Å². The molecule has 2 saturated heterocycles. The van der Waals surface area contributed by atoms with Gasteiger partial charge in [-0.15, -0.1) is 0 Å². The molecule has 3 aliphatic heterocycles. The van der Waals surface area contributed by atoms with Gasteiger partial charge in [-0.1, -0.05) is 0 Å². The molecule has 2 fully saturated rings. The van der Waals surface area contributed by atoms with E-state index < -0.39 is 29.7 Å². The number of anilines is 1. The van der Waals surface area contributed by atoms with Gasteiger partial charge in [0.15, 0.2) is 0 Å². The monoisotopic (exact) mass is 418 g/mol. The van der Waals surface area contributed by atoms with Gasteiger partial charge in [-0.05, 0) is 35.6 Å². The molecule has 0 radical (unpaired) electrons. The van der Waals surface area contributed by atoms with Gasteiger partial charge >= 0.3 is 0 Å². The first-order chi connectivity index (χ1) is 14.5. The summed E-state index contributed by atoms with van der Waals surface area (Å²) in [6, 6.07) is 4.18. The highest BCUT2D eigenvalue weighted by Crippen LogP contribution is 2.31. The number of imide groups is 2.